The van der Waals surface area contributed by atoms with E-state index >= 15 is 0 Å². The van der Waals surface area contributed by atoms with Crippen molar-refractivity contribution in [3.63, 3.8) is 0 Å². The van der Waals surface area contributed by atoms with Crippen molar-refractivity contribution in [2.75, 3.05) is 5.32 Å². The molecule has 0 radical (unpaired) electrons. The number of H-pyrrole nitrogens is 1. The smallest absolute Gasteiger partial charge is 0.0830 e. The third-order valence-corrected chi connectivity index (χ3v) is 5.42. The second-order valence-corrected chi connectivity index (χ2v) is 7.59. The van der Waals surface area contributed by atoms with E-state index in [1.165, 1.54) is 33.3 Å². The van der Waals surface area contributed by atoms with Crippen LogP contribution in [0.3, 0.4) is 0 Å². The molecule has 3 nitrogen and oxygen atoms in total. The molecule has 1 aliphatic rings. The van der Waals surface area contributed by atoms with Crippen LogP contribution in [-0.2, 0) is 0 Å². The van der Waals surface area contributed by atoms with Crippen LogP contribution in [0.15, 0.2) is 42.6 Å². The van der Waals surface area contributed by atoms with Crippen LogP contribution in [0, 0.1) is 6.92 Å². The number of aromatic amines is 1. The number of aliphatic hydroxyl groups excluding tert-OH is 1. The fourth-order valence-electron chi connectivity index (χ4n) is 4.02. The molecule has 0 saturated carbocycles. The highest BCUT2D eigenvalue weighted by Crippen LogP contribution is 2.43. The van der Waals surface area contributed by atoms with Gasteiger partial charge in [0.05, 0.1) is 17.2 Å². The van der Waals surface area contributed by atoms with Gasteiger partial charge in [-0.05, 0) is 61.0 Å². The molecule has 1 aliphatic heterocycles. The number of benzene rings is 2. The highest BCUT2D eigenvalue weighted by molar-refractivity contribution is 5.94. The Morgan fingerprint density at radius 3 is 2.71 bits per heavy atom. The number of hydrogen-bond acceptors (Lipinski definition) is 2. The summed E-state index contributed by atoms with van der Waals surface area (Å²) in [5, 5.41) is 15.4. The maximum atomic E-state index is 10.7. The lowest BCUT2D eigenvalue weighted by Crippen LogP contribution is -2.50. The Bertz CT molecular complexity index is 923. The van der Waals surface area contributed by atoms with Gasteiger partial charge in [0.25, 0.3) is 0 Å². The van der Waals surface area contributed by atoms with Crippen molar-refractivity contribution in [3.8, 4) is 11.1 Å². The molecule has 0 bridgehead atoms. The van der Waals surface area contributed by atoms with E-state index < -0.39 is 6.10 Å². The van der Waals surface area contributed by atoms with Crippen molar-refractivity contribution in [2.24, 2.45) is 0 Å². The Morgan fingerprint density at radius 1 is 1.12 bits per heavy atom. The van der Waals surface area contributed by atoms with Crippen LogP contribution in [0.4, 0.5) is 5.69 Å². The van der Waals surface area contributed by atoms with Crippen LogP contribution < -0.4 is 5.32 Å². The number of nitrogens with one attached hydrogen (secondary N) is 2. The van der Waals surface area contributed by atoms with Gasteiger partial charge in [-0.25, -0.2) is 0 Å². The maximum absolute atomic E-state index is 10.7. The van der Waals surface area contributed by atoms with Crippen LogP contribution in [0.5, 0.6) is 0 Å². The summed E-state index contributed by atoms with van der Waals surface area (Å²) in [7, 11) is 0. The minimum absolute atomic E-state index is 0.0951. The van der Waals surface area contributed by atoms with Gasteiger partial charge in [0.1, 0.15) is 0 Å². The lowest BCUT2D eigenvalue weighted by Gasteiger charge is -2.43. The van der Waals surface area contributed by atoms with E-state index in [1.54, 1.807) is 0 Å². The normalized spacial score (nSPS) is 22.2. The summed E-state index contributed by atoms with van der Waals surface area (Å²) in [6, 6.07) is 12.9. The van der Waals surface area contributed by atoms with E-state index in [-0.39, 0.29) is 11.5 Å². The summed E-state index contributed by atoms with van der Waals surface area (Å²) in [6.07, 6.45) is 1.57. The third-order valence-electron chi connectivity index (χ3n) is 5.42. The molecular weight excluding hydrogens is 296 g/mol. The summed E-state index contributed by atoms with van der Waals surface area (Å²) in [5.41, 5.74) is 6.82. The average Bonchev–Trinajstić information content (AvgIpc) is 3.02. The van der Waals surface area contributed by atoms with Crippen LogP contribution in [0.1, 0.15) is 37.8 Å². The van der Waals surface area contributed by atoms with Gasteiger partial charge in [-0.15, -0.1) is 0 Å². The van der Waals surface area contributed by atoms with Gasteiger partial charge in [-0.3, -0.25) is 0 Å². The molecule has 124 valence electrons. The second kappa shape index (κ2) is 5.12. The molecule has 2 atom stereocenters. The Kier molecular flexibility index (Phi) is 3.26. The summed E-state index contributed by atoms with van der Waals surface area (Å²) >= 11 is 0. The van der Waals surface area contributed by atoms with E-state index in [0.717, 1.165) is 5.52 Å². The lowest BCUT2D eigenvalue weighted by atomic mass is 9.77. The number of rotatable bonds is 1. The molecule has 24 heavy (non-hydrogen) atoms. The number of fused-ring (bicyclic) bond motifs is 2. The summed E-state index contributed by atoms with van der Waals surface area (Å²) in [6.45, 7) is 8.38. The van der Waals surface area contributed by atoms with Gasteiger partial charge in [-0.2, -0.15) is 0 Å². The van der Waals surface area contributed by atoms with Gasteiger partial charge in [-0.1, -0.05) is 25.1 Å². The minimum Gasteiger partial charge on any atom is -0.390 e. The van der Waals surface area contributed by atoms with Crippen molar-refractivity contribution in [1.82, 2.24) is 4.98 Å². The van der Waals surface area contributed by atoms with Crippen LogP contribution in [-0.4, -0.2) is 21.7 Å². The summed E-state index contributed by atoms with van der Waals surface area (Å²) in [5.74, 6) is 0.0951. The molecule has 3 N–H and O–H groups in total. The maximum Gasteiger partial charge on any atom is 0.0830 e. The zero-order valence-electron chi connectivity index (χ0n) is 14.6. The molecule has 0 spiro atoms. The molecule has 0 fully saturated rings. The lowest BCUT2D eigenvalue weighted by molar-refractivity contribution is 0.0869. The Morgan fingerprint density at radius 2 is 1.92 bits per heavy atom. The molecule has 3 heteroatoms. The molecule has 0 saturated heterocycles. The van der Waals surface area contributed by atoms with Crippen LogP contribution in [0.2, 0.25) is 0 Å². The van der Waals surface area contributed by atoms with Crippen molar-refractivity contribution in [1.29, 1.82) is 0 Å². The van der Waals surface area contributed by atoms with E-state index in [0.29, 0.717) is 0 Å². The Hall–Kier alpha value is -2.26. The summed E-state index contributed by atoms with van der Waals surface area (Å²) in [4.78, 5) is 3.35. The number of anilines is 1. The highest BCUT2D eigenvalue weighted by Gasteiger charge is 2.39. The minimum atomic E-state index is -0.416. The first-order valence-electron chi connectivity index (χ1n) is 8.56. The predicted octanol–water partition coefficient (Wildman–Crippen LogP) is 4.81. The van der Waals surface area contributed by atoms with Crippen molar-refractivity contribution in [2.45, 2.75) is 45.3 Å². The predicted molar refractivity (Wildman–Crippen MR) is 101 cm³/mol. The molecule has 0 amide bonds. The van der Waals surface area contributed by atoms with Crippen LogP contribution in [0.25, 0.3) is 22.0 Å². The van der Waals surface area contributed by atoms with E-state index in [4.69, 9.17) is 0 Å². The van der Waals surface area contributed by atoms with Gasteiger partial charge in [0, 0.05) is 23.4 Å². The van der Waals surface area contributed by atoms with Gasteiger partial charge < -0.3 is 15.4 Å². The molecule has 0 aliphatic carbocycles. The number of aliphatic hydroxyl groups is 1. The fourth-order valence-corrected chi connectivity index (χ4v) is 4.02. The molecule has 2 unspecified atom stereocenters. The first kappa shape index (κ1) is 15.3. The Balaban J connectivity index is 1.92. The topological polar surface area (TPSA) is 48.0 Å². The number of aryl methyl sites for hydroxylation is 1. The van der Waals surface area contributed by atoms with E-state index in [2.05, 4.69) is 74.4 Å². The van der Waals surface area contributed by atoms with Crippen molar-refractivity contribution < 1.29 is 5.11 Å². The van der Waals surface area contributed by atoms with E-state index in [1.807, 2.05) is 6.20 Å². The van der Waals surface area contributed by atoms with Crippen molar-refractivity contribution >= 4 is 16.6 Å². The van der Waals surface area contributed by atoms with Crippen molar-refractivity contribution in [3.05, 3.63) is 53.7 Å². The molecule has 2 heterocycles. The average molecular weight is 320 g/mol. The molecular formula is C21H24N2O. The van der Waals surface area contributed by atoms with Gasteiger partial charge >= 0.3 is 0 Å². The standard InChI is InChI=1S/C21H24N2O/c1-12-10-15(16-7-5-6-14-8-9-22-19(14)16)11-17-13(2)20(24)21(3,4)23-18(12)17/h5-11,13,20,22-24H,1-4H3. The number of hydrogen-bond donors (Lipinski definition) is 3. The van der Waals surface area contributed by atoms with Gasteiger partial charge in [0.15, 0.2) is 0 Å². The summed E-state index contributed by atoms with van der Waals surface area (Å²) < 4.78 is 0. The highest BCUT2D eigenvalue weighted by atomic mass is 16.3. The first-order valence-corrected chi connectivity index (χ1v) is 8.56. The Labute approximate surface area is 142 Å². The second-order valence-electron chi connectivity index (χ2n) is 7.59. The molecule has 3 aromatic rings. The van der Waals surface area contributed by atoms with Gasteiger partial charge in [0.2, 0.25) is 0 Å². The van der Waals surface area contributed by atoms with E-state index in [9.17, 15) is 5.11 Å². The number of aromatic nitrogens is 1. The first-order chi connectivity index (χ1) is 11.4. The molecule has 4 rings (SSSR count). The molecule has 2 aromatic carbocycles. The largest absolute Gasteiger partial charge is 0.390 e. The zero-order chi connectivity index (χ0) is 17.1. The fraction of sp³-hybridized carbons (Fsp3) is 0.333. The quantitative estimate of drug-likeness (QED) is 0.602. The monoisotopic (exact) mass is 320 g/mol. The SMILES string of the molecule is Cc1cc(-c2cccc3cc[nH]c23)cc2c1NC(C)(C)C(O)C2C. The zero-order valence-corrected chi connectivity index (χ0v) is 14.6. The number of para-hydroxylation sites is 1. The van der Waals surface area contributed by atoms with Crippen LogP contribution >= 0.6 is 0 Å². The third kappa shape index (κ3) is 2.15. The molecule has 1 aromatic heterocycles.